The summed E-state index contributed by atoms with van der Waals surface area (Å²) in [6.07, 6.45) is 3.69. The monoisotopic (exact) mass is 250 g/mol. The second kappa shape index (κ2) is 4.68. The van der Waals surface area contributed by atoms with Crippen molar-refractivity contribution in [3.05, 3.63) is 39.6 Å². The Kier molecular flexibility index (Phi) is 3.26. The first-order valence-electron chi connectivity index (χ1n) is 5.20. The van der Waals surface area contributed by atoms with E-state index in [-0.39, 0.29) is 5.91 Å². The number of rotatable bonds is 3. The van der Waals surface area contributed by atoms with Crippen LogP contribution in [0.5, 0.6) is 0 Å². The van der Waals surface area contributed by atoms with E-state index in [0.29, 0.717) is 4.88 Å². The molecule has 0 spiro atoms. The Balaban J connectivity index is 2.25. The molecule has 2 heterocycles. The van der Waals surface area contributed by atoms with Crippen molar-refractivity contribution < 1.29 is 4.79 Å². The zero-order chi connectivity index (χ0) is 12.4. The van der Waals surface area contributed by atoms with E-state index >= 15 is 0 Å². The molecule has 17 heavy (non-hydrogen) atoms. The molecule has 0 aliphatic heterocycles. The first-order chi connectivity index (χ1) is 8.11. The second-order valence-electron chi connectivity index (χ2n) is 3.77. The Labute approximate surface area is 103 Å². The fourth-order valence-corrected chi connectivity index (χ4v) is 2.55. The average Bonchev–Trinajstić information content (AvgIpc) is 2.87. The lowest BCUT2D eigenvalue weighted by Crippen LogP contribution is -2.29. The number of hydrogen-bond donors (Lipinski definition) is 2. The Morgan fingerprint density at radius 2 is 2.35 bits per heavy atom. The van der Waals surface area contributed by atoms with Crippen LogP contribution in [0.1, 0.15) is 25.9 Å². The predicted molar refractivity (Wildman–Crippen MR) is 66.8 cm³/mol. The summed E-state index contributed by atoms with van der Waals surface area (Å²) in [5.74, 6) is 5.83. The van der Waals surface area contributed by atoms with Crippen molar-refractivity contribution in [2.45, 2.75) is 20.4 Å². The minimum atomic E-state index is -0.244. The molecule has 1 amide bonds. The SMILES string of the molecule is Cc1sc(C(=O)NN)cc1Cn1ccnc1C. The molecular weight excluding hydrogens is 236 g/mol. The molecule has 90 valence electrons. The highest BCUT2D eigenvalue weighted by molar-refractivity contribution is 7.14. The zero-order valence-electron chi connectivity index (χ0n) is 9.73. The number of carbonyl (C=O) groups excluding carboxylic acids is 1. The maximum Gasteiger partial charge on any atom is 0.275 e. The highest BCUT2D eigenvalue weighted by Crippen LogP contribution is 2.22. The fourth-order valence-electron chi connectivity index (χ4n) is 1.61. The topological polar surface area (TPSA) is 72.9 Å². The summed E-state index contributed by atoms with van der Waals surface area (Å²) in [6, 6.07) is 1.88. The number of imidazole rings is 1. The lowest BCUT2D eigenvalue weighted by atomic mass is 10.2. The van der Waals surface area contributed by atoms with Crippen LogP contribution in [-0.4, -0.2) is 15.5 Å². The Morgan fingerprint density at radius 1 is 1.59 bits per heavy atom. The van der Waals surface area contributed by atoms with Gasteiger partial charge in [0.05, 0.1) is 4.88 Å². The molecule has 3 N–H and O–H groups in total. The van der Waals surface area contributed by atoms with Gasteiger partial charge in [-0.2, -0.15) is 0 Å². The molecule has 0 bridgehead atoms. The molecule has 0 aliphatic rings. The lowest BCUT2D eigenvalue weighted by molar-refractivity contribution is 0.0957. The van der Waals surface area contributed by atoms with Crippen molar-refractivity contribution in [1.82, 2.24) is 15.0 Å². The van der Waals surface area contributed by atoms with Crippen molar-refractivity contribution in [2.24, 2.45) is 5.84 Å². The summed E-state index contributed by atoms with van der Waals surface area (Å²) in [5.41, 5.74) is 3.26. The van der Waals surface area contributed by atoms with Crippen LogP contribution in [-0.2, 0) is 6.54 Å². The third kappa shape index (κ3) is 2.37. The number of amides is 1. The maximum atomic E-state index is 11.4. The molecule has 2 rings (SSSR count). The number of hydrazine groups is 1. The van der Waals surface area contributed by atoms with Crippen molar-refractivity contribution >= 4 is 17.2 Å². The molecule has 0 unspecified atom stereocenters. The number of aromatic nitrogens is 2. The summed E-state index contributed by atoms with van der Waals surface area (Å²) in [5, 5.41) is 0. The molecule has 2 aromatic heterocycles. The van der Waals surface area contributed by atoms with Crippen molar-refractivity contribution in [3.8, 4) is 0 Å². The molecule has 6 heteroatoms. The van der Waals surface area contributed by atoms with Gasteiger partial charge in [0.25, 0.3) is 5.91 Å². The standard InChI is InChI=1S/C11H14N4OS/c1-7-9(5-10(17-7)11(16)14-12)6-15-4-3-13-8(15)2/h3-5H,6,12H2,1-2H3,(H,14,16). The summed E-state index contributed by atoms with van der Waals surface area (Å²) in [4.78, 5) is 17.3. The molecule has 0 saturated carbocycles. The highest BCUT2D eigenvalue weighted by atomic mass is 32.1. The van der Waals surface area contributed by atoms with Crippen LogP contribution in [0.2, 0.25) is 0 Å². The van der Waals surface area contributed by atoms with Gasteiger partial charge in [-0.1, -0.05) is 0 Å². The number of thiophene rings is 1. The van der Waals surface area contributed by atoms with Gasteiger partial charge < -0.3 is 4.57 Å². The molecule has 0 aliphatic carbocycles. The Bertz CT molecular complexity index is 543. The Morgan fingerprint density at radius 3 is 2.94 bits per heavy atom. The van der Waals surface area contributed by atoms with Crippen molar-refractivity contribution in [3.63, 3.8) is 0 Å². The number of hydrogen-bond acceptors (Lipinski definition) is 4. The second-order valence-corrected chi connectivity index (χ2v) is 5.02. The van der Waals surface area contributed by atoms with E-state index in [1.807, 2.05) is 30.7 Å². The molecule has 0 fully saturated rings. The highest BCUT2D eigenvalue weighted by Gasteiger charge is 2.11. The number of aryl methyl sites for hydroxylation is 2. The minimum Gasteiger partial charge on any atom is -0.331 e. The number of nitrogens with one attached hydrogen (secondary N) is 1. The molecule has 2 aromatic rings. The third-order valence-electron chi connectivity index (χ3n) is 2.64. The van der Waals surface area contributed by atoms with E-state index in [4.69, 9.17) is 5.84 Å². The van der Waals surface area contributed by atoms with Crippen LogP contribution in [0.3, 0.4) is 0 Å². The first kappa shape index (κ1) is 11.8. The number of carbonyl (C=O) groups is 1. The summed E-state index contributed by atoms with van der Waals surface area (Å²) >= 11 is 1.45. The van der Waals surface area contributed by atoms with Gasteiger partial charge in [0.15, 0.2) is 0 Å². The molecule has 5 nitrogen and oxygen atoms in total. The van der Waals surface area contributed by atoms with Crippen molar-refractivity contribution in [2.75, 3.05) is 0 Å². The van der Waals surface area contributed by atoms with Crippen LogP contribution in [0.15, 0.2) is 18.5 Å². The number of nitrogens with zero attached hydrogens (tertiary/aromatic N) is 2. The van der Waals surface area contributed by atoms with E-state index < -0.39 is 0 Å². The first-order valence-corrected chi connectivity index (χ1v) is 6.01. The predicted octanol–water partition coefficient (Wildman–Crippen LogP) is 1.21. The van der Waals surface area contributed by atoms with Crippen LogP contribution >= 0.6 is 11.3 Å². The van der Waals surface area contributed by atoms with Gasteiger partial charge in [0, 0.05) is 23.8 Å². The van der Waals surface area contributed by atoms with E-state index in [1.54, 1.807) is 6.20 Å². The molecular formula is C11H14N4OS. The normalized spacial score (nSPS) is 10.5. The van der Waals surface area contributed by atoms with Gasteiger partial charge in [0.2, 0.25) is 0 Å². The summed E-state index contributed by atoms with van der Waals surface area (Å²) < 4.78 is 2.04. The van der Waals surface area contributed by atoms with E-state index in [2.05, 4.69) is 10.4 Å². The molecule has 0 aromatic carbocycles. The quantitative estimate of drug-likeness (QED) is 0.488. The van der Waals surface area contributed by atoms with Crippen LogP contribution in [0, 0.1) is 13.8 Å². The molecule has 0 atom stereocenters. The third-order valence-corrected chi connectivity index (χ3v) is 3.73. The van der Waals surface area contributed by atoms with Gasteiger partial charge >= 0.3 is 0 Å². The smallest absolute Gasteiger partial charge is 0.275 e. The largest absolute Gasteiger partial charge is 0.331 e. The zero-order valence-corrected chi connectivity index (χ0v) is 10.5. The van der Waals surface area contributed by atoms with Crippen LogP contribution < -0.4 is 11.3 Å². The van der Waals surface area contributed by atoms with Gasteiger partial charge in [0.1, 0.15) is 5.82 Å². The molecule has 0 saturated heterocycles. The van der Waals surface area contributed by atoms with Crippen LogP contribution in [0.25, 0.3) is 0 Å². The number of nitrogen functional groups attached to an aromatic ring is 1. The minimum absolute atomic E-state index is 0.244. The van der Waals surface area contributed by atoms with Gasteiger partial charge in [-0.15, -0.1) is 11.3 Å². The van der Waals surface area contributed by atoms with E-state index in [0.717, 1.165) is 22.8 Å². The molecule has 0 radical (unpaired) electrons. The van der Waals surface area contributed by atoms with Gasteiger partial charge in [-0.05, 0) is 25.5 Å². The Hall–Kier alpha value is -1.66. The van der Waals surface area contributed by atoms with Crippen molar-refractivity contribution in [1.29, 1.82) is 0 Å². The van der Waals surface area contributed by atoms with Gasteiger partial charge in [-0.3, -0.25) is 10.2 Å². The summed E-state index contributed by atoms with van der Waals surface area (Å²) in [7, 11) is 0. The van der Waals surface area contributed by atoms with Crippen LogP contribution in [0.4, 0.5) is 0 Å². The lowest BCUT2D eigenvalue weighted by Gasteiger charge is -2.03. The summed E-state index contributed by atoms with van der Waals surface area (Å²) in [6.45, 7) is 4.68. The fraction of sp³-hybridized carbons (Fsp3) is 0.273. The number of nitrogens with two attached hydrogens (primary N) is 1. The van der Waals surface area contributed by atoms with E-state index in [1.165, 1.54) is 11.3 Å². The van der Waals surface area contributed by atoms with E-state index in [9.17, 15) is 4.79 Å². The van der Waals surface area contributed by atoms with Gasteiger partial charge in [-0.25, -0.2) is 10.8 Å². The maximum absolute atomic E-state index is 11.4. The average molecular weight is 250 g/mol.